The number of aromatic nitrogens is 2. The molecule has 0 amide bonds. The summed E-state index contributed by atoms with van der Waals surface area (Å²) in [7, 11) is 0. The number of anilines is 2. The summed E-state index contributed by atoms with van der Waals surface area (Å²) in [6.07, 6.45) is 0. The van der Waals surface area contributed by atoms with Gasteiger partial charge in [0, 0.05) is 5.02 Å². The van der Waals surface area contributed by atoms with Gasteiger partial charge in [-0.3, -0.25) is 4.68 Å². The van der Waals surface area contributed by atoms with Crippen LogP contribution in [0.25, 0.3) is 0 Å². The third kappa shape index (κ3) is 4.61. The van der Waals surface area contributed by atoms with Gasteiger partial charge in [0.25, 0.3) is 0 Å². The van der Waals surface area contributed by atoms with E-state index in [-0.39, 0.29) is 0 Å². The number of rotatable bonds is 4. The number of hydrogen-bond donors (Lipinski definition) is 2. The molecule has 0 radical (unpaired) electrons. The summed E-state index contributed by atoms with van der Waals surface area (Å²) in [6.45, 7) is 6.80. The van der Waals surface area contributed by atoms with Crippen molar-refractivity contribution in [2.45, 2.75) is 27.3 Å². The Balaban J connectivity index is 1.76. The second-order valence-corrected chi connectivity index (χ2v) is 7.59. The summed E-state index contributed by atoms with van der Waals surface area (Å²) in [5.74, 6) is 0. The lowest BCUT2D eigenvalue weighted by Crippen LogP contribution is -2.20. The van der Waals surface area contributed by atoms with Crippen molar-refractivity contribution in [3.63, 3.8) is 0 Å². The predicted molar refractivity (Wildman–Crippen MR) is 118 cm³/mol. The minimum atomic E-state index is 0.445. The van der Waals surface area contributed by atoms with E-state index in [1.54, 1.807) is 18.2 Å². The lowest BCUT2D eigenvalue weighted by molar-refractivity contribution is 0.657. The fourth-order valence-electron chi connectivity index (χ4n) is 2.84. The van der Waals surface area contributed by atoms with Gasteiger partial charge in [-0.05, 0) is 62.3 Å². The second-order valence-electron chi connectivity index (χ2n) is 6.33. The van der Waals surface area contributed by atoms with Gasteiger partial charge < -0.3 is 10.6 Å². The van der Waals surface area contributed by atoms with Crippen molar-refractivity contribution < 1.29 is 0 Å². The highest BCUT2D eigenvalue weighted by Gasteiger charge is 2.14. The Kier molecular flexibility index (Phi) is 6.05. The maximum atomic E-state index is 6.20. The molecule has 0 aliphatic carbocycles. The van der Waals surface area contributed by atoms with E-state index in [0.717, 1.165) is 17.1 Å². The van der Waals surface area contributed by atoms with Gasteiger partial charge in [0.15, 0.2) is 5.11 Å². The summed E-state index contributed by atoms with van der Waals surface area (Å²) in [5.41, 5.74) is 5.97. The lowest BCUT2D eigenvalue weighted by Gasteiger charge is -2.13. The molecule has 4 nitrogen and oxygen atoms in total. The van der Waals surface area contributed by atoms with Crippen LogP contribution in [0.4, 0.5) is 11.4 Å². The maximum absolute atomic E-state index is 6.20. The van der Waals surface area contributed by atoms with Crippen molar-refractivity contribution >= 4 is 51.9 Å². The summed E-state index contributed by atoms with van der Waals surface area (Å²) < 4.78 is 1.98. The van der Waals surface area contributed by atoms with Gasteiger partial charge in [-0.15, -0.1) is 0 Å². The van der Waals surface area contributed by atoms with E-state index in [1.807, 2.05) is 30.7 Å². The topological polar surface area (TPSA) is 41.9 Å². The van der Waals surface area contributed by atoms with Crippen LogP contribution in [0.2, 0.25) is 10.0 Å². The standard InChI is InChI=1S/C20H20Cl2N4S/c1-12-6-4-5-7-15(12)11-26-14(3)19(13(2)25-26)24-20(27)23-18-9-8-16(21)10-17(18)22/h4-10H,11H2,1-3H3,(H2,23,24,27). The lowest BCUT2D eigenvalue weighted by atomic mass is 10.1. The molecule has 2 N–H and O–H groups in total. The molecular weight excluding hydrogens is 399 g/mol. The molecule has 0 bridgehead atoms. The van der Waals surface area contributed by atoms with Crippen molar-refractivity contribution in [1.29, 1.82) is 0 Å². The van der Waals surface area contributed by atoms with E-state index >= 15 is 0 Å². The Morgan fingerprint density at radius 2 is 1.81 bits per heavy atom. The number of aryl methyl sites for hydroxylation is 2. The first-order valence-corrected chi connectivity index (χ1v) is 9.63. The van der Waals surface area contributed by atoms with Crippen LogP contribution in [0.15, 0.2) is 42.5 Å². The quantitative estimate of drug-likeness (QED) is 0.511. The molecule has 0 saturated carbocycles. The van der Waals surface area contributed by atoms with Gasteiger partial charge in [0.05, 0.1) is 34.3 Å². The van der Waals surface area contributed by atoms with Crippen LogP contribution in [-0.2, 0) is 6.54 Å². The number of nitrogens with one attached hydrogen (secondary N) is 2. The third-order valence-corrected chi connectivity index (χ3v) is 5.13. The molecule has 140 valence electrons. The van der Waals surface area contributed by atoms with E-state index in [0.29, 0.717) is 27.4 Å². The summed E-state index contributed by atoms with van der Waals surface area (Å²) >= 11 is 17.6. The van der Waals surface area contributed by atoms with Crippen LogP contribution >= 0.6 is 35.4 Å². The zero-order chi connectivity index (χ0) is 19.6. The minimum absolute atomic E-state index is 0.445. The van der Waals surface area contributed by atoms with Crippen LogP contribution in [0, 0.1) is 20.8 Å². The van der Waals surface area contributed by atoms with Crippen LogP contribution < -0.4 is 10.6 Å². The molecule has 0 aliphatic heterocycles. The van der Waals surface area contributed by atoms with Crippen molar-refractivity contribution in [3.8, 4) is 0 Å². The molecule has 1 aromatic heterocycles. The average molecular weight is 419 g/mol. The monoisotopic (exact) mass is 418 g/mol. The van der Waals surface area contributed by atoms with Gasteiger partial charge in [0.2, 0.25) is 0 Å². The predicted octanol–water partition coefficient (Wildman–Crippen LogP) is 5.97. The molecule has 3 rings (SSSR count). The molecule has 0 spiro atoms. The molecule has 0 fully saturated rings. The molecule has 0 saturated heterocycles. The van der Waals surface area contributed by atoms with E-state index in [9.17, 15) is 0 Å². The zero-order valence-corrected chi connectivity index (χ0v) is 17.6. The number of hydrogen-bond acceptors (Lipinski definition) is 2. The van der Waals surface area contributed by atoms with Gasteiger partial charge in [-0.1, -0.05) is 47.5 Å². The number of halogens is 2. The molecule has 7 heteroatoms. The van der Waals surface area contributed by atoms with E-state index in [2.05, 4.69) is 34.8 Å². The van der Waals surface area contributed by atoms with Crippen molar-refractivity contribution in [1.82, 2.24) is 9.78 Å². The molecule has 1 heterocycles. The fraction of sp³-hybridized carbons (Fsp3) is 0.200. The maximum Gasteiger partial charge on any atom is 0.175 e. The highest BCUT2D eigenvalue weighted by molar-refractivity contribution is 7.80. The Morgan fingerprint density at radius 3 is 2.52 bits per heavy atom. The summed E-state index contributed by atoms with van der Waals surface area (Å²) in [6, 6.07) is 13.5. The van der Waals surface area contributed by atoms with E-state index < -0.39 is 0 Å². The molecule has 3 aromatic rings. The highest BCUT2D eigenvalue weighted by atomic mass is 35.5. The molecule has 0 atom stereocenters. The van der Waals surface area contributed by atoms with Gasteiger partial charge in [-0.2, -0.15) is 5.10 Å². The average Bonchev–Trinajstić information content (AvgIpc) is 2.87. The summed E-state index contributed by atoms with van der Waals surface area (Å²) in [5, 5.41) is 12.5. The van der Waals surface area contributed by atoms with Crippen LogP contribution in [-0.4, -0.2) is 14.9 Å². The SMILES string of the molecule is Cc1ccccc1Cn1nc(C)c(NC(=S)Nc2ccc(Cl)cc2Cl)c1C. The van der Waals surface area contributed by atoms with Gasteiger partial charge in [0.1, 0.15) is 0 Å². The highest BCUT2D eigenvalue weighted by Crippen LogP contribution is 2.26. The van der Waals surface area contributed by atoms with E-state index in [4.69, 9.17) is 35.4 Å². The number of benzene rings is 2. The number of thiocarbonyl (C=S) groups is 1. The van der Waals surface area contributed by atoms with E-state index in [1.165, 1.54) is 11.1 Å². The smallest absolute Gasteiger partial charge is 0.175 e. The molecule has 0 aliphatic rings. The van der Waals surface area contributed by atoms with Crippen LogP contribution in [0.5, 0.6) is 0 Å². The summed E-state index contributed by atoms with van der Waals surface area (Å²) in [4.78, 5) is 0. The van der Waals surface area contributed by atoms with Gasteiger partial charge in [-0.25, -0.2) is 0 Å². The zero-order valence-electron chi connectivity index (χ0n) is 15.3. The van der Waals surface area contributed by atoms with Crippen molar-refractivity contribution in [3.05, 3.63) is 75.0 Å². The van der Waals surface area contributed by atoms with Crippen LogP contribution in [0.3, 0.4) is 0 Å². The van der Waals surface area contributed by atoms with Gasteiger partial charge >= 0.3 is 0 Å². The Labute approximate surface area is 174 Å². The first kappa shape index (κ1) is 19.7. The first-order chi connectivity index (χ1) is 12.8. The largest absolute Gasteiger partial charge is 0.331 e. The fourth-order valence-corrected chi connectivity index (χ4v) is 3.51. The number of nitrogens with zero attached hydrogens (tertiary/aromatic N) is 2. The van der Waals surface area contributed by atoms with Crippen LogP contribution in [0.1, 0.15) is 22.5 Å². The Morgan fingerprint density at radius 1 is 1.07 bits per heavy atom. The minimum Gasteiger partial charge on any atom is -0.331 e. The molecule has 27 heavy (non-hydrogen) atoms. The molecular formula is C20H20Cl2N4S. The molecule has 0 unspecified atom stereocenters. The molecule has 2 aromatic carbocycles. The Hall–Kier alpha value is -2.08. The normalized spacial score (nSPS) is 10.7. The second kappa shape index (κ2) is 8.30. The van der Waals surface area contributed by atoms with Crippen molar-refractivity contribution in [2.75, 3.05) is 10.6 Å². The Bertz CT molecular complexity index is 998. The van der Waals surface area contributed by atoms with Crippen molar-refractivity contribution in [2.24, 2.45) is 0 Å². The third-order valence-electron chi connectivity index (χ3n) is 4.38. The first-order valence-electron chi connectivity index (χ1n) is 8.46.